The molecule has 1 atom stereocenters. The van der Waals surface area contributed by atoms with Crippen molar-refractivity contribution < 1.29 is 9.13 Å². The molecule has 30 heavy (non-hydrogen) atoms. The first-order chi connectivity index (χ1) is 14.2. The summed E-state index contributed by atoms with van der Waals surface area (Å²) in [6, 6.07) is 13.2. The quantitative estimate of drug-likeness (QED) is 0.295. The van der Waals surface area contributed by atoms with Crippen LogP contribution in [0.25, 0.3) is 5.69 Å². The zero-order valence-electron chi connectivity index (χ0n) is 16.7. The van der Waals surface area contributed by atoms with Crippen LogP contribution in [0.2, 0.25) is 0 Å². The molecule has 2 heterocycles. The lowest BCUT2D eigenvalue weighted by Gasteiger charge is -2.15. The number of ether oxygens (including phenoxy) is 1. The Morgan fingerprint density at radius 3 is 2.87 bits per heavy atom. The van der Waals surface area contributed by atoms with E-state index in [-0.39, 0.29) is 35.9 Å². The van der Waals surface area contributed by atoms with Gasteiger partial charge in [-0.25, -0.2) is 14.4 Å². The van der Waals surface area contributed by atoms with Crippen molar-refractivity contribution in [1.82, 2.24) is 20.2 Å². The summed E-state index contributed by atoms with van der Waals surface area (Å²) >= 11 is 0. The molecule has 0 fully saturated rings. The fourth-order valence-electron chi connectivity index (χ4n) is 3.35. The summed E-state index contributed by atoms with van der Waals surface area (Å²) in [5.41, 5.74) is 2.50. The summed E-state index contributed by atoms with van der Waals surface area (Å²) in [7, 11) is 0. The van der Waals surface area contributed by atoms with E-state index in [1.165, 1.54) is 11.6 Å². The maximum absolute atomic E-state index is 14.4. The number of guanidine groups is 1. The van der Waals surface area contributed by atoms with Gasteiger partial charge >= 0.3 is 0 Å². The maximum atomic E-state index is 14.4. The molecule has 4 rings (SSSR count). The van der Waals surface area contributed by atoms with Gasteiger partial charge in [-0.3, -0.25) is 0 Å². The summed E-state index contributed by atoms with van der Waals surface area (Å²) in [6.45, 7) is 3.78. The van der Waals surface area contributed by atoms with Crippen LogP contribution < -0.4 is 15.4 Å². The van der Waals surface area contributed by atoms with E-state index < -0.39 is 0 Å². The van der Waals surface area contributed by atoms with Gasteiger partial charge in [0, 0.05) is 25.4 Å². The Labute approximate surface area is 192 Å². The van der Waals surface area contributed by atoms with Crippen LogP contribution >= 0.6 is 24.0 Å². The van der Waals surface area contributed by atoms with Crippen molar-refractivity contribution in [1.29, 1.82) is 0 Å². The highest BCUT2D eigenvalue weighted by atomic mass is 127. The van der Waals surface area contributed by atoms with Gasteiger partial charge in [-0.2, -0.15) is 0 Å². The molecule has 0 saturated heterocycles. The van der Waals surface area contributed by atoms with Gasteiger partial charge in [-0.15, -0.1) is 24.0 Å². The van der Waals surface area contributed by atoms with Gasteiger partial charge in [0.05, 0.1) is 25.1 Å². The number of halogens is 2. The van der Waals surface area contributed by atoms with Gasteiger partial charge in [0.25, 0.3) is 0 Å². The molecule has 1 aromatic heterocycles. The Balaban J connectivity index is 0.00000256. The summed E-state index contributed by atoms with van der Waals surface area (Å²) in [4.78, 5) is 8.54. The number of imidazole rings is 1. The average molecular weight is 521 g/mol. The standard InChI is InChI=1S/C22H24FN5O.HI/c1-2-25-22(27-14-18-12-17-5-3-4-6-21(17)29-18)26-13-16-7-8-20(19(23)11-16)28-10-9-24-15-28;/h3-11,15,18H,2,12-14H2,1H3,(H2,25,26,27);1H. The highest BCUT2D eigenvalue weighted by molar-refractivity contribution is 14.0. The number of aliphatic imine (C=N–C) groups is 1. The van der Waals surface area contributed by atoms with Crippen molar-refractivity contribution in [3.8, 4) is 11.4 Å². The second kappa shape index (κ2) is 10.4. The molecule has 0 radical (unpaired) electrons. The highest BCUT2D eigenvalue weighted by Crippen LogP contribution is 2.27. The largest absolute Gasteiger partial charge is 0.488 e. The molecule has 1 aliphatic rings. The highest BCUT2D eigenvalue weighted by Gasteiger charge is 2.22. The van der Waals surface area contributed by atoms with Crippen molar-refractivity contribution >= 4 is 29.9 Å². The van der Waals surface area contributed by atoms with Crippen molar-refractivity contribution in [2.75, 3.05) is 13.1 Å². The van der Waals surface area contributed by atoms with Crippen LogP contribution in [0.5, 0.6) is 5.75 Å². The minimum absolute atomic E-state index is 0. The molecular formula is C22H25FIN5O. The molecular weight excluding hydrogens is 496 g/mol. The first-order valence-corrected chi connectivity index (χ1v) is 9.76. The van der Waals surface area contributed by atoms with E-state index in [9.17, 15) is 4.39 Å². The Hall–Kier alpha value is -2.62. The molecule has 0 bridgehead atoms. The molecule has 8 heteroatoms. The molecule has 0 amide bonds. The molecule has 1 aliphatic heterocycles. The predicted octanol–water partition coefficient (Wildman–Crippen LogP) is 3.69. The lowest BCUT2D eigenvalue weighted by Crippen LogP contribution is -2.42. The molecule has 0 spiro atoms. The van der Waals surface area contributed by atoms with Gasteiger partial charge in [0.15, 0.2) is 5.96 Å². The van der Waals surface area contributed by atoms with Crippen LogP contribution in [0.15, 0.2) is 66.2 Å². The topological polar surface area (TPSA) is 63.5 Å². The summed E-state index contributed by atoms with van der Waals surface area (Å²) < 4.78 is 22.0. The molecule has 1 unspecified atom stereocenters. The Bertz CT molecular complexity index is 968. The van der Waals surface area contributed by atoms with Crippen LogP contribution in [0, 0.1) is 5.82 Å². The van der Waals surface area contributed by atoms with Gasteiger partial charge in [-0.05, 0) is 36.2 Å². The minimum atomic E-state index is -0.300. The van der Waals surface area contributed by atoms with Crippen molar-refractivity contribution in [3.05, 3.63) is 78.1 Å². The normalized spacial score (nSPS) is 15.1. The van der Waals surface area contributed by atoms with Gasteiger partial charge < -0.3 is 19.9 Å². The van der Waals surface area contributed by atoms with E-state index in [4.69, 9.17) is 4.74 Å². The Kier molecular flexibility index (Phi) is 7.67. The van der Waals surface area contributed by atoms with Crippen LogP contribution in [0.3, 0.4) is 0 Å². The monoisotopic (exact) mass is 521 g/mol. The fourth-order valence-corrected chi connectivity index (χ4v) is 3.35. The SMILES string of the molecule is CCNC(=NCc1ccc(-n2ccnc2)c(F)c1)NCC1Cc2ccccc2O1.I. The van der Waals surface area contributed by atoms with E-state index in [2.05, 4.69) is 26.7 Å². The molecule has 3 aromatic rings. The van der Waals surface area contributed by atoms with Gasteiger partial charge in [-0.1, -0.05) is 24.3 Å². The van der Waals surface area contributed by atoms with Crippen LogP contribution in [0.1, 0.15) is 18.1 Å². The number of hydrogen-bond donors (Lipinski definition) is 2. The number of hydrogen-bond acceptors (Lipinski definition) is 3. The second-order valence-corrected chi connectivity index (χ2v) is 6.88. The summed E-state index contributed by atoms with van der Waals surface area (Å²) in [5, 5.41) is 6.55. The third-order valence-electron chi connectivity index (χ3n) is 4.77. The predicted molar refractivity (Wildman–Crippen MR) is 126 cm³/mol. The summed E-state index contributed by atoms with van der Waals surface area (Å²) in [5.74, 6) is 1.34. The molecule has 6 nitrogen and oxygen atoms in total. The first-order valence-electron chi connectivity index (χ1n) is 9.76. The number of benzene rings is 2. The average Bonchev–Trinajstić information content (AvgIpc) is 3.39. The van der Waals surface area contributed by atoms with E-state index >= 15 is 0 Å². The summed E-state index contributed by atoms with van der Waals surface area (Å²) in [6.07, 6.45) is 5.87. The number of rotatable bonds is 6. The van der Waals surface area contributed by atoms with Crippen molar-refractivity contribution in [2.24, 2.45) is 4.99 Å². The molecule has 0 aliphatic carbocycles. The van der Waals surface area contributed by atoms with E-state index in [0.717, 1.165) is 24.3 Å². The molecule has 0 saturated carbocycles. The number of nitrogens with one attached hydrogen (secondary N) is 2. The minimum Gasteiger partial charge on any atom is -0.488 e. The maximum Gasteiger partial charge on any atom is 0.191 e. The van der Waals surface area contributed by atoms with Crippen LogP contribution in [-0.2, 0) is 13.0 Å². The number of fused-ring (bicyclic) bond motifs is 1. The van der Waals surface area contributed by atoms with Gasteiger partial charge in [0.1, 0.15) is 17.7 Å². The van der Waals surface area contributed by atoms with E-state index in [1.54, 1.807) is 29.4 Å². The smallest absolute Gasteiger partial charge is 0.191 e. The lowest BCUT2D eigenvalue weighted by atomic mass is 10.1. The fraction of sp³-hybridized carbons (Fsp3) is 0.273. The zero-order chi connectivity index (χ0) is 20.1. The third-order valence-corrected chi connectivity index (χ3v) is 4.77. The van der Waals surface area contributed by atoms with E-state index in [0.29, 0.717) is 24.7 Å². The number of aromatic nitrogens is 2. The van der Waals surface area contributed by atoms with E-state index in [1.807, 2.05) is 31.2 Å². The van der Waals surface area contributed by atoms with Gasteiger partial charge in [0.2, 0.25) is 0 Å². The lowest BCUT2D eigenvalue weighted by molar-refractivity contribution is 0.235. The van der Waals surface area contributed by atoms with Crippen LogP contribution in [-0.4, -0.2) is 34.7 Å². The molecule has 2 N–H and O–H groups in total. The van der Waals surface area contributed by atoms with Crippen LogP contribution in [0.4, 0.5) is 4.39 Å². The number of para-hydroxylation sites is 1. The number of nitrogens with zero attached hydrogens (tertiary/aromatic N) is 3. The molecule has 2 aromatic carbocycles. The third kappa shape index (κ3) is 5.29. The zero-order valence-corrected chi connectivity index (χ0v) is 19.0. The van der Waals surface area contributed by atoms with Crippen molar-refractivity contribution in [3.63, 3.8) is 0 Å². The second-order valence-electron chi connectivity index (χ2n) is 6.88. The Morgan fingerprint density at radius 2 is 2.13 bits per heavy atom. The van der Waals surface area contributed by atoms with Crippen molar-refractivity contribution in [2.45, 2.75) is 26.0 Å². The molecule has 158 valence electrons. The Morgan fingerprint density at radius 1 is 1.27 bits per heavy atom. The first kappa shape index (κ1) is 22.1.